The molecule has 1 atom stereocenters. The van der Waals surface area contributed by atoms with Crippen LogP contribution in [-0.4, -0.2) is 37.1 Å². The molecule has 0 spiro atoms. The average Bonchev–Trinajstić information content (AvgIpc) is 2.30. The Morgan fingerprint density at radius 1 is 0.938 bits per heavy atom. The molecule has 2 nitrogen and oxygen atoms in total. The summed E-state index contributed by atoms with van der Waals surface area (Å²) < 4.78 is 0. The second kappa shape index (κ2) is 11.4. The van der Waals surface area contributed by atoms with Crippen molar-refractivity contribution in [1.29, 1.82) is 0 Å². The molecule has 1 N–H and O–H groups in total. The fraction of sp³-hybridized carbons (Fsp3) is 1.00. The van der Waals surface area contributed by atoms with Gasteiger partial charge in [0.25, 0.3) is 0 Å². The smallest absolute Gasteiger partial charge is 0.0166 e. The second-order valence-corrected chi connectivity index (χ2v) is 4.76. The van der Waals surface area contributed by atoms with Crippen LogP contribution in [0.25, 0.3) is 0 Å². The van der Waals surface area contributed by atoms with Crippen molar-refractivity contribution in [2.45, 2.75) is 65.8 Å². The van der Waals surface area contributed by atoms with Gasteiger partial charge in [0.05, 0.1) is 0 Å². The summed E-state index contributed by atoms with van der Waals surface area (Å²) in [5, 5.41) is 3.62. The fourth-order valence-corrected chi connectivity index (χ4v) is 2.01. The van der Waals surface area contributed by atoms with E-state index < -0.39 is 0 Å². The quantitative estimate of drug-likeness (QED) is 0.546. The van der Waals surface area contributed by atoms with Crippen LogP contribution in [0.3, 0.4) is 0 Å². The van der Waals surface area contributed by atoms with Crippen molar-refractivity contribution in [2.24, 2.45) is 0 Å². The SMILES string of the molecule is CCCCCCCNC(C)CN(CC)CC. The third-order valence-corrected chi connectivity index (χ3v) is 3.20. The first kappa shape index (κ1) is 15.9. The molecule has 0 aromatic carbocycles. The molecule has 0 heterocycles. The van der Waals surface area contributed by atoms with Crippen LogP contribution in [0.4, 0.5) is 0 Å². The minimum atomic E-state index is 0.631. The van der Waals surface area contributed by atoms with E-state index in [2.05, 4.69) is 37.9 Å². The molecule has 0 saturated heterocycles. The van der Waals surface area contributed by atoms with Crippen LogP contribution in [-0.2, 0) is 0 Å². The Bertz CT molecular complexity index is 133. The first-order chi connectivity index (χ1) is 7.74. The molecule has 0 radical (unpaired) electrons. The molecule has 0 aliphatic carbocycles. The van der Waals surface area contributed by atoms with Gasteiger partial charge in [-0.25, -0.2) is 0 Å². The molecule has 0 fully saturated rings. The lowest BCUT2D eigenvalue weighted by atomic mass is 10.1. The van der Waals surface area contributed by atoms with E-state index in [9.17, 15) is 0 Å². The summed E-state index contributed by atoms with van der Waals surface area (Å²) >= 11 is 0. The second-order valence-electron chi connectivity index (χ2n) is 4.76. The first-order valence-corrected chi connectivity index (χ1v) is 7.20. The molecule has 0 amide bonds. The van der Waals surface area contributed by atoms with Crippen LogP contribution in [0.1, 0.15) is 59.8 Å². The van der Waals surface area contributed by atoms with E-state index >= 15 is 0 Å². The Morgan fingerprint density at radius 3 is 2.12 bits per heavy atom. The summed E-state index contributed by atoms with van der Waals surface area (Å²) in [7, 11) is 0. The zero-order chi connectivity index (χ0) is 12.2. The van der Waals surface area contributed by atoms with Crippen LogP contribution in [0.15, 0.2) is 0 Å². The van der Waals surface area contributed by atoms with Crippen LogP contribution in [0.2, 0.25) is 0 Å². The average molecular weight is 228 g/mol. The normalized spacial score (nSPS) is 13.3. The highest BCUT2D eigenvalue weighted by Gasteiger charge is 2.05. The van der Waals surface area contributed by atoms with Crippen molar-refractivity contribution in [3.05, 3.63) is 0 Å². The van der Waals surface area contributed by atoms with E-state index in [4.69, 9.17) is 0 Å². The lowest BCUT2D eigenvalue weighted by Gasteiger charge is -2.23. The molecule has 98 valence electrons. The van der Waals surface area contributed by atoms with Crippen molar-refractivity contribution in [1.82, 2.24) is 10.2 Å². The lowest BCUT2D eigenvalue weighted by molar-refractivity contribution is 0.271. The summed E-state index contributed by atoms with van der Waals surface area (Å²) in [6, 6.07) is 0.631. The minimum absolute atomic E-state index is 0.631. The van der Waals surface area contributed by atoms with Gasteiger partial charge in [0.2, 0.25) is 0 Å². The number of unbranched alkanes of at least 4 members (excludes halogenated alkanes) is 4. The summed E-state index contributed by atoms with van der Waals surface area (Å²) in [4.78, 5) is 2.48. The highest BCUT2D eigenvalue weighted by molar-refractivity contribution is 4.66. The Morgan fingerprint density at radius 2 is 1.56 bits per heavy atom. The highest BCUT2D eigenvalue weighted by atomic mass is 15.1. The zero-order valence-corrected chi connectivity index (χ0v) is 11.9. The molecule has 0 aliphatic rings. The predicted molar refractivity (Wildman–Crippen MR) is 74.0 cm³/mol. The van der Waals surface area contributed by atoms with E-state index in [1.807, 2.05) is 0 Å². The van der Waals surface area contributed by atoms with Gasteiger partial charge in [0.1, 0.15) is 0 Å². The predicted octanol–water partition coefficient (Wildman–Crippen LogP) is 3.28. The molecule has 0 aromatic heterocycles. The molecular weight excluding hydrogens is 196 g/mol. The van der Waals surface area contributed by atoms with Gasteiger partial charge in [-0.15, -0.1) is 0 Å². The van der Waals surface area contributed by atoms with E-state index in [-0.39, 0.29) is 0 Å². The number of nitrogens with zero attached hydrogens (tertiary/aromatic N) is 1. The van der Waals surface area contributed by atoms with Crippen LogP contribution in [0.5, 0.6) is 0 Å². The summed E-state index contributed by atoms with van der Waals surface area (Å²) in [6.07, 6.45) is 6.87. The van der Waals surface area contributed by atoms with Gasteiger partial charge in [0.15, 0.2) is 0 Å². The van der Waals surface area contributed by atoms with Gasteiger partial charge in [-0.05, 0) is 33.0 Å². The number of rotatable bonds is 11. The van der Waals surface area contributed by atoms with Crippen molar-refractivity contribution in [3.8, 4) is 0 Å². The monoisotopic (exact) mass is 228 g/mol. The Balaban J connectivity index is 3.32. The maximum Gasteiger partial charge on any atom is 0.0166 e. The topological polar surface area (TPSA) is 15.3 Å². The number of hydrogen-bond acceptors (Lipinski definition) is 2. The van der Waals surface area contributed by atoms with E-state index in [0.717, 1.165) is 0 Å². The zero-order valence-electron chi connectivity index (χ0n) is 11.9. The molecule has 0 aromatic rings. The van der Waals surface area contributed by atoms with E-state index in [1.54, 1.807) is 0 Å². The van der Waals surface area contributed by atoms with Crippen molar-refractivity contribution in [3.63, 3.8) is 0 Å². The number of hydrogen-bond donors (Lipinski definition) is 1. The molecule has 16 heavy (non-hydrogen) atoms. The van der Waals surface area contributed by atoms with Gasteiger partial charge >= 0.3 is 0 Å². The Kier molecular flexibility index (Phi) is 11.3. The van der Waals surface area contributed by atoms with Gasteiger partial charge in [0, 0.05) is 12.6 Å². The van der Waals surface area contributed by atoms with Crippen molar-refractivity contribution in [2.75, 3.05) is 26.2 Å². The third-order valence-electron chi connectivity index (χ3n) is 3.20. The molecule has 0 rings (SSSR count). The lowest BCUT2D eigenvalue weighted by Crippen LogP contribution is -2.39. The van der Waals surface area contributed by atoms with Crippen LogP contribution in [0, 0.1) is 0 Å². The maximum atomic E-state index is 3.62. The minimum Gasteiger partial charge on any atom is -0.313 e. The molecular formula is C14H32N2. The summed E-state index contributed by atoms with van der Waals surface area (Å²) in [5.41, 5.74) is 0. The number of likely N-dealkylation sites (N-methyl/N-ethyl adjacent to an activating group) is 1. The van der Waals surface area contributed by atoms with Crippen molar-refractivity contribution >= 4 is 0 Å². The largest absolute Gasteiger partial charge is 0.313 e. The molecule has 0 bridgehead atoms. The molecule has 0 aliphatic heterocycles. The van der Waals surface area contributed by atoms with Gasteiger partial charge < -0.3 is 10.2 Å². The fourth-order valence-electron chi connectivity index (χ4n) is 2.01. The Hall–Kier alpha value is -0.0800. The summed E-state index contributed by atoms with van der Waals surface area (Å²) in [5.74, 6) is 0. The molecule has 0 saturated carbocycles. The summed E-state index contributed by atoms with van der Waals surface area (Å²) in [6.45, 7) is 13.7. The van der Waals surface area contributed by atoms with E-state index in [1.165, 1.54) is 58.3 Å². The van der Waals surface area contributed by atoms with Crippen LogP contribution >= 0.6 is 0 Å². The van der Waals surface area contributed by atoms with Crippen LogP contribution < -0.4 is 5.32 Å². The van der Waals surface area contributed by atoms with Gasteiger partial charge in [-0.3, -0.25) is 0 Å². The maximum absolute atomic E-state index is 3.62. The molecule has 2 heteroatoms. The van der Waals surface area contributed by atoms with Gasteiger partial charge in [-0.1, -0.05) is 46.5 Å². The molecule has 1 unspecified atom stereocenters. The van der Waals surface area contributed by atoms with Gasteiger partial charge in [-0.2, -0.15) is 0 Å². The first-order valence-electron chi connectivity index (χ1n) is 7.20. The highest BCUT2D eigenvalue weighted by Crippen LogP contribution is 2.01. The standard InChI is InChI=1S/C14H32N2/c1-5-8-9-10-11-12-15-14(4)13-16(6-2)7-3/h14-15H,5-13H2,1-4H3. The third kappa shape index (κ3) is 9.17. The number of nitrogens with one attached hydrogen (secondary N) is 1. The Labute approximate surface area is 103 Å². The van der Waals surface area contributed by atoms with Crippen molar-refractivity contribution < 1.29 is 0 Å². The van der Waals surface area contributed by atoms with E-state index in [0.29, 0.717) is 6.04 Å².